The first-order valence-electron chi connectivity index (χ1n) is 7.58. The summed E-state index contributed by atoms with van der Waals surface area (Å²) in [6.45, 7) is 7.70. The number of hydrogen-bond acceptors (Lipinski definition) is 3. The van der Waals surface area contributed by atoms with Crippen molar-refractivity contribution in [3.8, 4) is 6.07 Å². The van der Waals surface area contributed by atoms with Crippen LogP contribution in [-0.4, -0.2) is 47.9 Å². The third-order valence-corrected chi connectivity index (χ3v) is 4.15. The van der Waals surface area contributed by atoms with E-state index in [9.17, 15) is 4.79 Å². The molecule has 21 heavy (non-hydrogen) atoms. The van der Waals surface area contributed by atoms with Gasteiger partial charge in [0.05, 0.1) is 18.4 Å². The minimum atomic E-state index is -0.332. The zero-order chi connectivity index (χ0) is 15.2. The Kier molecular flexibility index (Phi) is 5.35. The van der Waals surface area contributed by atoms with Crippen LogP contribution in [0, 0.1) is 11.3 Å². The van der Waals surface area contributed by atoms with Gasteiger partial charge in [0.2, 0.25) is 5.91 Å². The number of amides is 1. The van der Waals surface area contributed by atoms with Crippen molar-refractivity contribution in [1.82, 2.24) is 9.80 Å². The van der Waals surface area contributed by atoms with E-state index in [-0.39, 0.29) is 18.2 Å². The Bertz CT molecular complexity index is 499. The topological polar surface area (TPSA) is 47.3 Å². The molecule has 1 amide bonds. The van der Waals surface area contributed by atoms with Crippen LogP contribution in [0.25, 0.3) is 0 Å². The van der Waals surface area contributed by atoms with Gasteiger partial charge in [0.1, 0.15) is 0 Å². The van der Waals surface area contributed by atoms with Gasteiger partial charge in [-0.05, 0) is 19.4 Å². The Morgan fingerprint density at radius 3 is 2.33 bits per heavy atom. The van der Waals surface area contributed by atoms with E-state index in [1.807, 2.05) is 35.2 Å². The highest BCUT2D eigenvalue weighted by Gasteiger charge is 2.28. The number of hydrogen-bond donors (Lipinski definition) is 0. The number of carbonyl (C=O) groups is 1. The second-order valence-corrected chi connectivity index (χ2v) is 5.78. The minimum Gasteiger partial charge on any atom is -0.340 e. The van der Waals surface area contributed by atoms with E-state index in [0.29, 0.717) is 6.04 Å². The molecule has 0 unspecified atom stereocenters. The fourth-order valence-electron chi connectivity index (χ4n) is 2.80. The molecule has 0 spiro atoms. The van der Waals surface area contributed by atoms with Crippen molar-refractivity contribution in [3.63, 3.8) is 0 Å². The van der Waals surface area contributed by atoms with Crippen LogP contribution in [-0.2, 0) is 4.79 Å². The van der Waals surface area contributed by atoms with Gasteiger partial charge in [-0.1, -0.05) is 30.3 Å². The summed E-state index contributed by atoms with van der Waals surface area (Å²) in [6, 6.07) is 12.3. The van der Waals surface area contributed by atoms with Crippen LogP contribution in [0.15, 0.2) is 30.3 Å². The molecule has 1 fully saturated rings. The van der Waals surface area contributed by atoms with E-state index in [0.717, 1.165) is 31.7 Å². The van der Waals surface area contributed by atoms with Crippen LogP contribution >= 0.6 is 0 Å². The Labute approximate surface area is 127 Å². The minimum absolute atomic E-state index is 0.0890. The molecule has 0 aliphatic carbocycles. The summed E-state index contributed by atoms with van der Waals surface area (Å²) in [7, 11) is 0. The molecule has 2 rings (SSSR count). The molecule has 112 valence electrons. The highest BCUT2D eigenvalue weighted by Crippen LogP contribution is 2.22. The number of nitrogens with zero attached hydrogens (tertiary/aromatic N) is 3. The predicted molar refractivity (Wildman–Crippen MR) is 82.7 cm³/mol. The third-order valence-electron chi connectivity index (χ3n) is 4.15. The maximum atomic E-state index is 12.7. The van der Waals surface area contributed by atoms with Gasteiger partial charge >= 0.3 is 0 Å². The predicted octanol–water partition coefficient (Wildman–Crippen LogP) is 2.24. The van der Waals surface area contributed by atoms with Crippen molar-refractivity contribution in [3.05, 3.63) is 35.9 Å². The quantitative estimate of drug-likeness (QED) is 0.852. The highest BCUT2D eigenvalue weighted by molar-refractivity contribution is 5.84. The van der Waals surface area contributed by atoms with Crippen LogP contribution in [0.5, 0.6) is 0 Å². The van der Waals surface area contributed by atoms with Crippen molar-refractivity contribution in [1.29, 1.82) is 5.26 Å². The van der Waals surface area contributed by atoms with E-state index in [2.05, 4.69) is 24.8 Å². The lowest BCUT2D eigenvalue weighted by molar-refractivity contribution is -0.134. The Morgan fingerprint density at radius 1 is 1.19 bits per heavy atom. The second kappa shape index (κ2) is 7.24. The van der Waals surface area contributed by atoms with Crippen molar-refractivity contribution in [2.45, 2.75) is 32.2 Å². The van der Waals surface area contributed by atoms with Crippen LogP contribution < -0.4 is 0 Å². The zero-order valence-corrected chi connectivity index (χ0v) is 12.8. The first-order valence-corrected chi connectivity index (χ1v) is 7.58. The molecule has 0 bridgehead atoms. The van der Waals surface area contributed by atoms with Crippen molar-refractivity contribution in [2.24, 2.45) is 0 Å². The summed E-state index contributed by atoms with van der Waals surface area (Å²) in [5, 5.41) is 9.03. The SMILES string of the molecule is CC(C)N1CCN(C(=O)[C@@H](CC#N)c2ccccc2)CC1. The van der Waals surface area contributed by atoms with Crippen molar-refractivity contribution < 1.29 is 4.79 Å². The molecule has 0 aromatic heterocycles. The number of rotatable bonds is 4. The summed E-state index contributed by atoms with van der Waals surface area (Å²) in [6.07, 6.45) is 0.243. The standard InChI is InChI=1S/C17H23N3O/c1-14(2)19-10-12-20(13-11-19)17(21)16(8-9-18)15-6-4-3-5-7-15/h3-7,14,16H,8,10-13H2,1-2H3/t16-/m0/s1. The maximum absolute atomic E-state index is 12.7. The summed E-state index contributed by atoms with van der Waals surface area (Å²) in [5.41, 5.74) is 0.940. The van der Waals surface area contributed by atoms with Crippen LogP contribution in [0.1, 0.15) is 31.7 Å². The molecular formula is C17H23N3O. The normalized spacial score (nSPS) is 17.5. The average molecular weight is 285 g/mol. The highest BCUT2D eigenvalue weighted by atomic mass is 16.2. The van der Waals surface area contributed by atoms with E-state index in [4.69, 9.17) is 5.26 Å². The summed E-state index contributed by atoms with van der Waals surface area (Å²) >= 11 is 0. The van der Waals surface area contributed by atoms with Gasteiger partial charge < -0.3 is 4.90 Å². The maximum Gasteiger partial charge on any atom is 0.231 e. The van der Waals surface area contributed by atoms with Gasteiger partial charge in [-0.25, -0.2) is 0 Å². The van der Waals surface area contributed by atoms with Crippen molar-refractivity contribution in [2.75, 3.05) is 26.2 Å². The number of carbonyl (C=O) groups excluding carboxylic acids is 1. The fourth-order valence-corrected chi connectivity index (χ4v) is 2.80. The van der Waals surface area contributed by atoms with Crippen LogP contribution in [0.4, 0.5) is 0 Å². The van der Waals surface area contributed by atoms with Crippen LogP contribution in [0.3, 0.4) is 0 Å². The molecule has 0 saturated carbocycles. The van der Waals surface area contributed by atoms with Gasteiger partial charge in [0.25, 0.3) is 0 Å². The van der Waals surface area contributed by atoms with Crippen molar-refractivity contribution >= 4 is 5.91 Å². The van der Waals surface area contributed by atoms with Gasteiger partial charge in [-0.15, -0.1) is 0 Å². The van der Waals surface area contributed by atoms with E-state index in [1.54, 1.807) is 0 Å². The largest absolute Gasteiger partial charge is 0.340 e. The number of nitriles is 1. The summed E-state index contributed by atoms with van der Waals surface area (Å²) in [4.78, 5) is 17.0. The smallest absolute Gasteiger partial charge is 0.231 e. The molecule has 1 aliphatic heterocycles. The first-order chi connectivity index (χ1) is 10.1. The molecule has 1 aromatic carbocycles. The molecule has 0 radical (unpaired) electrons. The third kappa shape index (κ3) is 3.83. The molecule has 0 N–H and O–H groups in total. The first kappa shape index (κ1) is 15.5. The Hall–Kier alpha value is -1.86. The van der Waals surface area contributed by atoms with E-state index < -0.39 is 0 Å². The lowest BCUT2D eigenvalue weighted by Gasteiger charge is -2.38. The molecule has 1 saturated heterocycles. The van der Waals surface area contributed by atoms with E-state index >= 15 is 0 Å². The number of benzene rings is 1. The summed E-state index contributed by atoms with van der Waals surface area (Å²) < 4.78 is 0. The Morgan fingerprint density at radius 2 is 1.81 bits per heavy atom. The molecule has 4 nitrogen and oxygen atoms in total. The molecule has 1 heterocycles. The molecule has 1 atom stereocenters. The lowest BCUT2D eigenvalue weighted by Crippen LogP contribution is -2.51. The Balaban J connectivity index is 2.05. The van der Waals surface area contributed by atoms with Crippen LogP contribution in [0.2, 0.25) is 0 Å². The zero-order valence-electron chi connectivity index (χ0n) is 12.8. The van der Waals surface area contributed by atoms with Gasteiger partial charge in [-0.2, -0.15) is 5.26 Å². The average Bonchev–Trinajstić information content (AvgIpc) is 2.53. The molecule has 4 heteroatoms. The molecular weight excluding hydrogens is 262 g/mol. The lowest BCUT2D eigenvalue weighted by atomic mass is 9.94. The van der Waals surface area contributed by atoms with Gasteiger partial charge in [-0.3, -0.25) is 9.69 Å². The monoisotopic (exact) mass is 285 g/mol. The van der Waals surface area contributed by atoms with E-state index in [1.165, 1.54) is 0 Å². The fraction of sp³-hybridized carbons (Fsp3) is 0.529. The second-order valence-electron chi connectivity index (χ2n) is 5.78. The summed E-state index contributed by atoms with van der Waals surface area (Å²) in [5.74, 6) is -0.243. The number of piperazine rings is 1. The van der Waals surface area contributed by atoms with Gasteiger partial charge in [0.15, 0.2) is 0 Å². The molecule has 1 aliphatic rings. The molecule has 1 aromatic rings. The van der Waals surface area contributed by atoms with Gasteiger partial charge in [0, 0.05) is 32.2 Å².